The number of halogens is 1. The third-order valence-electron chi connectivity index (χ3n) is 4.19. The topological polar surface area (TPSA) is 44.9 Å². The van der Waals surface area contributed by atoms with Crippen LogP contribution < -0.4 is 0 Å². The van der Waals surface area contributed by atoms with Gasteiger partial charge in [-0.3, -0.25) is 0 Å². The van der Waals surface area contributed by atoms with Gasteiger partial charge in [0.05, 0.1) is 17.2 Å². The van der Waals surface area contributed by atoms with Crippen molar-refractivity contribution in [1.29, 1.82) is 0 Å². The third kappa shape index (κ3) is 1.95. The number of fused-ring (bicyclic) bond motifs is 1. The number of methoxy groups -OCH3 is 1. The van der Waals surface area contributed by atoms with Crippen LogP contribution in [-0.4, -0.2) is 32.5 Å². The summed E-state index contributed by atoms with van der Waals surface area (Å²) in [6, 6.07) is 0.419. The number of ether oxygens (including phenoxy) is 1. The lowest BCUT2D eigenvalue weighted by Gasteiger charge is -2.36. The summed E-state index contributed by atoms with van der Waals surface area (Å²) in [5.74, 6) is 0.948. The Balaban J connectivity index is 2.13. The number of rotatable bonds is 4. The van der Waals surface area contributed by atoms with Crippen LogP contribution >= 0.6 is 11.6 Å². The molecule has 2 aromatic heterocycles. The Bertz CT molecular complexity index is 625. The Morgan fingerprint density at radius 3 is 2.70 bits per heavy atom. The van der Waals surface area contributed by atoms with Crippen LogP contribution in [0, 0.1) is 6.92 Å². The molecule has 0 bridgehead atoms. The summed E-state index contributed by atoms with van der Waals surface area (Å²) in [6.07, 6.45) is 2.40. The lowest BCUT2D eigenvalue weighted by atomic mass is 9.89. The lowest BCUT2D eigenvalue weighted by Crippen LogP contribution is -2.33. The van der Waals surface area contributed by atoms with E-state index in [1.165, 1.54) is 0 Å². The van der Waals surface area contributed by atoms with Gasteiger partial charge in [0, 0.05) is 19.7 Å². The number of aromatic nitrogens is 4. The number of imidazole rings is 1. The highest BCUT2D eigenvalue weighted by atomic mass is 35.5. The van der Waals surface area contributed by atoms with Crippen LogP contribution in [0.5, 0.6) is 0 Å². The molecule has 110 valence electrons. The molecule has 1 aliphatic rings. The number of aryl methyl sites for hydroxylation is 2. The van der Waals surface area contributed by atoms with Crippen molar-refractivity contribution in [2.75, 3.05) is 7.11 Å². The summed E-state index contributed by atoms with van der Waals surface area (Å²) in [5, 5.41) is 4.47. The molecular formula is C14H21ClN4O. The summed E-state index contributed by atoms with van der Waals surface area (Å²) in [5.41, 5.74) is 3.06. The zero-order valence-electron chi connectivity index (χ0n) is 12.4. The molecule has 6 heteroatoms. The van der Waals surface area contributed by atoms with Crippen molar-refractivity contribution in [1.82, 2.24) is 19.3 Å². The van der Waals surface area contributed by atoms with E-state index in [1.807, 2.05) is 18.5 Å². The fraction of sp³-hybridized carbons (Fsp3) is 0.714. The van der Waals surface area contributed by atoms with Crippen LogP contribution in [0.1, 0.15) is 49.6 Å². The SMILES string of the molecule is CCn1nc(C)c2nc(C(C)Cl)n(C3CC(OC)C3)c21. The van der Waals surface area contributed by atoms with Crippen molar-refractivity contribution in [3.8, 4) is 0 Å². The predicted octanol–water partition coefficient (Wildman–Crippen LogP) is 3.21. The fourth-order valence-electron chi connectivity index (χ4n) is 3.01. The average molecular weight is 297 g/mol. The quantitative estimate of drug-likeness (QED) is 0.814. The summed E-state index contributed by atoms with van der Waals surface area (Å²) < 4.78 is 9.71. The smallest absolute Gasteiger partial charge is 0.159 e. The highest BCUT2D eigenvalue weighted by Crippen LogP contribution is 2.39. The number of hydrogen-bond acceptors (Lipinski definition) is 3. The first-order valence-corrected chi connectivity index (χ1v) is 7.62. The van der Waals surface area contributed by atoms with E-state index in [0.717, 1.165) is 42.1 Å². The molecule has 0 aromatic carbocycles. The molecule has 1 saturated carbocycles. The Hall–Kier alpha value is -1.07. The maximum atomic E-state index is 6.34. The van der Waals surface area contributed by atoms with Gasteiger partial charge < -0.3 is 9.30 Å². The molecule has 0 N–H and O–H groups in total. The van der Waals surface area contributed by atoms with Crippen LogP contribution in [0.4, 0.5) is 0 Å². The second-order valence-electron chi connectivity index (χ2n) is 5.51. The lowest BCUT2D eigenvalue weighted by molar-refractivity contribution is 0.00625. The highest BCUT2D eigenvalue weighted by molar-refractivity contribution is 6.20. The molecule has 5 nitrogen and oxygen atoms in total. The minimum Gasteiger partial charge on any atom is -0.381 e. The molecule has 0 spiro atoms. The van der Waals surface area contributed by atoms with E-state index >= 15 is 0 Å². The van der Waals surface area contributed by atoms with Gasteiger partial charge in [-0.2, -0.15) is 5.10 Å². The van der Waals surface area contributed by atoms with Gasteiger partial charge in [-0.1, -0.05) is 0 Å². The number of nitrogens with zero attached hydrogens (tertiary/aromatic N) is 4. The van der Waals surface area contributed by atoms with E-state index in [0.29, 0.717) is 12.1 Å². The largest absolute Gasteiger partial charge is 0.381 e. The van der Waals surface area contributed by atoms with Gasteiger partial charge in [0.15, 0.2) is 5.65 Å². The Labute approximate surface area is 123 Å². The monoisotopic (exact) mass is 296 g/mol. The second kappa shape index (κ2) is 5.04. The summed E-state index contributed by atoms with van der Waals surface area (Å²) in [6.45, 7) is 6.93. The molecule has 2 heterocycles. The van der Waals surface area contributed by atoms with Crippen molar-refractivity contribution >= 4 is 22.8 Å². The molecule has 0 saturated heterocycles. The van der Waals surface area contributed by atoms with E-state index in [1.54, 1.807) is 7.11 Å². The van der Waals surface area contributed by atoms with Crippen LogP contribution in [0.2, 0.25) is 0 Å². The third-order valence-corrected chi connectivity index (χ3v) is 4.39. The predicted molar refractivity (Wildman–Crippen MR) is 79.3 cm³/mol. The molecule has 1 unspecified atom stereocenters. The molecule has 2 aromatic rings. The molecule has 3 rings (SSSR count). The molecular weight excluding hydrogens is 276 g/mol. The fourth-order valence-corrected chi connectivity index (χ4v) is 3.16. The van der Waals surface area contributed by atoms with Crippen LogP contribution in [0.25, 0.3) is 11.2 Å². The minimum atomic E-state index is -0.103. The van der Waals surface area contributed by atoms with Crippen LogP contribution in [-0.2, 0) is 11.3 Å². The maximum Gasteiger partial charge on any atom is 0.159 e. The van der Waals surface area contributed by atoms with Gasteiger partial charge in [-0.05, 0) is 33.6 Å². The normalized spacial score (nSPS) is 24.1. The Kier molecular flexibility index (Phi) is 3.50. The molecule has 1 aliphatic carbocycles. The molecule has 1 fully saturated rings. The summed E-state index contributed by atoms with van der Waals surface area (Å²) in [4.78, 5) is 4.74. The van der Waals surface area contributed by atoms with E-state index in [-0.39, 0.29) is 5.38 Å². The van der Waals surface area contributed by atoms with Gasteiger partial charge >= 0.3 is 0 Å². The maximum absolute atomic E-state index is 6.34. The van der Waals surface area contributed by atoms with Gasteiger partial charge in [-0.25, -0.2) is 9.67 Å². The van der Waals surface area contributed by atoms with Crippen molar-refractivity contribution in [2.45, 2.75) is 57.7 Å². The number of alkyl halides is 1. The van der Waals surface area contributed by atoms with E-state index in [4.69, 9.17) is 21.3 Å². The first kappa shape index (κ1) is 13.9. The Morgan fingerprint density at radius 1 is 1.45 bits per heavy atom. The molecule has 0 amide bonds. The van der Waals surface area contributed by atoms with Gasteiger partial charge in [-0.15, -0.1) is 11.6 Å². The minimum absolute atomic E-state index is 0.103. The van der Waals surface area contributed by atoms with E-state index in [9.17, 15) is 0 Å². The van der Waals surface area contributed by atoms with Gasteiger partial charge in [0.25, 0.3) is 0 Å². The molecule has 0 radical (unpaired) electrons. The van der Waals surface area contributed by atoms with E-state index < -0.39 is 0 Å². The zero-order chi connectivity index (χ0) is 14.4. The average Bonchev–Trinajstić information content (AvgIpc) is 2.87. The van der Waals surface area contributed by atoms with Crippen molar-refractivity contribution in [3.05, 3.63) is 11.5 Å². The van der Waals surface area contributed by atoms with Crippen molar-refractivity contribution in [2.24, 2.45) is 0 Å². The summed E-state index contributed by atoms with van der Waals surface area (Å²) in [7, 11) is 1.77. The molecule has 20 heavy (non-hydrogen) atoms. The van der Waals surface area contributed by atoms with Crippen molar-refractivity contribution < 1.29 is 4.74 Å². The second-order valence-corrected chi connectivity index (χ2v) is 6.17. The van der Waals surface area contributed by atoms with E-state index in [2.05, 4.69) is 16.6 Å². The number of hydrogen-bond donors (Lipinski definition) is 0. The van der Waals surface area contributed by atoms with Gasteiger partial charge in [0.1, 0.15) is 11.3 Å². The van der Waals surface area contributed by atoms with Gasteiger partial charge in [0.2, 0.25) is 0 Å². The highest BCUT2D eigenvalue weighted by Gasteiger charge is 2.35. The standard InChI is InChI=1S/C14H21ClN4O/c1-5-18-14-12(9(3)17-18)16-13(8(2)15)19(14)10-6-11(7-10)20-4/h8,10-11H,5-7H2,1-4H3. The summed E-state index contributed by atoms with van der Waals surface area (Å²) >= 11 is 6.34. The first-order valence-electron chi connectivity index (χ1n) is 7.18. The molecule has 0 aliphatic heterocycles. The Morgan fingerprint density at radius 2 is 2.15 bits per heavy atom. The van der Waals surface area contributed by atoms with Crippen LogP contribution in [0.15, 0.2) is 0 Å². The van der Waals surface area contributed by atoms with Crippen molar-refractivity contribution in [3.63, 3.8) is 0 Å². The zero-order valence-corrected chi connectivity index (χ0v) is 13.2. The van der Waals surface area contributed by atoms with Crippen LogP contribution in [0.3, 0.4) is 0 Å². The first-order chi connectivity index (χ1) is 9.56. The molecule has 1 atom stereocenters.